The number of fused-ring (bicyclic) bond motifs is 1. The van der Waals surface area contributed by atoms with E-state index < -0.39 is 0 Å². The summed E-state index contributed by atoms with van der Waals surface area (Å²) in [5.41, 5.74) is 6.09. The Morgan fingerprint density at radius 1 is 1.00 bits per heavy atom. The van der Waals surface area contributed by atoms with E-state index in [9.17, 15) is 9.50 Å². The zero-order valence-corrected chi connectivity index (χ0v) is 19.4. The number of halogens is 1. The van der Waals surface area contributed by atoms with Gasteiger partial charge in [-0.1, -0.05) is 30.3 Å². The van der Waals surface area contributed by atoms with Crippen LogP contribution < -0.4 is 15.0 Å². The summed E-state index contributed by atoms with van der Waals surface area (Å²) in [4.78, 5) is 2.44. The van der Waals surface area contributed by atoms with Gasteiger partial charge in [-0.3, -0.25) is 0 Å². The second-order valence-electron chi connectivity index (χ2n) is 8.66. The fraction of sp³-hybridized carbons (Fsp3) is 0.286. The van der Waals surface area contributed by atoms with Crippen LogP contribution >= 0.6 is 0 Å². The third-order valence-corrected chi connectivity index (χ3v) is 6.55. The summed E-state index contributed by atoms with van der Waals surface area (Å²) >= 11 is 0. The van der Waals surface area contributed by atoms with Crippen molar-refractivity contribution in [3.05, 3.63) is 89.4 Å². The molecule has 5 nitrogen and oxygen atoms in total. The van der Waals surface area contributed by atoms with Crippen LogP contribution in [-0.2, 0) is 6.42 Å². The number of aromatic nitrogens is 1. The molecular weight excluding hydrogens is 429 g/mol. The Hall–Kier alpha value is -3.35. The summed E-state index contributed by atoms with van der Waals surface area (Å²) in [6.07, 6.45) is 0.610. The first kappa shape index (κ1) is 22.4. The van der Waals surface area contributed by atoms with Crippen molar-refractivity contribution in [1.29, 1.82) is 0 Å². The third-order valence-electron chi connectivity index (χ3n) is 6.55. The standard InChI is InChI=1S/C28H30FN3O2/c1-20-21(6-5-9-25(20)29)18-27-28(31-14-12-30-13-15-31)24-11-10-23(34-17-16-33)19-26(24)32(27)22-7-3-2-4-8-22/h2-11,19,30,33H,12-18H2,1H3. The van der Waals surface area contributed by atoms with Gasteiger partial charge in [0.25, 0.3) is 0 Å². The molecule has 6 heteroatoms. The molecule has 1 aliphatic rings. The van der Waals surface area contributed by atoms with Gasteiger partial charge in [-0.2, -0.15) is 0 Å². The van der Waals surface area contributed by atoms with Crippen molar-refractivity contribution in [2.75, 3.05) is 44.3 Å². The number of aliphatic hydroxyl groups excluding tert-OH is 1. The molecule has 1 saturated heterocycles. The zero-order valence-electron chi connectivity index (χ0n) is 19.4. The molecule has 2 heterocycles. The average molecular weight is 460 g/mol. The average Bonchev–Trinajstić information content (AvgIpc) is 3.19. The molecule has 0 aliphatic carbocycles. The van der Waals surface area contributed by atoms with Crippen LogP contribution in [0, 0.1) is 12.7 Å². The molecule has 0 saturated carbocycles. The van der Waals surface area contributed by atoms with Crippen molar-refractivity contribution in [2.45, 2.75) is 13.3 Å². The molecule has 0 spiro atoms. The number of nitrogens with zero attached hydrogens (tertiary/aromatic N) is 2. The number of piperazine rings is 1. The molecule has 0 unspecified atom stereocenters. The largest absolute Gasteiger partial charge is 0.491 e. The lowest BCUT2D eigenvalue weighted by molar-refractivity contribution is 0.201. The molecule has 0 radical (unpaired) electrons. The van der Waals surface area contributed by atoms with E-state index in [0.29, 0.717) is 12.0 Å². The summed E-state index contributed by atoms with van der Waals surface area (Å²) in [6, 6.07) is 21.7. The molecule has 2 N–H and O–H groups in total. The molecule has 1 aromatic heterocycles. The lowest BCUT2D eigenvalue weighted by Crippen LogP contribution is -2.43. The lowest BCUT2D eigenvalue weighted by atomic mass is 10.0. The maximum Gasteiger partial charge on any atom is 0.126 e. The molecular formula is C28H30FN3O2. The van der Waals surface area contributed by atoms with E-state index in [1.54, 1.807) is 6.07 Å². The Bertz CT molecular complexity index is 1280. The van der Waals surface area contributed by atoms with Crippen molar-refractivity contribution < 1.29 is 14.2 Å². The number of para-hydroxylation sites is 1. The predicted molar refractivity (Wildman–Crippen MR) is 135 cm³/mol. The molecule has 1 fully saturated rings. The summed E-state index contributed by atoms with van der Waals surface area (Å²) < 4.78 is 22.5. The fourth-order valence-electron chi connectivity index (χ4n) is 4.86. The lowest BCUT2D eigenvalue weighted by Gasteiger charge is -2.30. The topological polar surface area (TPSA) is 49.7 Å². The minimum atomic E-state index is -0.178. The van der Waals surface area contributed by atoms with Crippen LogP contribution in [0.4, 0.5) is 10.1 Å². The highest BCUT2D eigenvalue weighted by molar-refractivity contribution is 5.98. The summed E-state index contributed by atoms with van der Waals surface area (Å²) in [6.45, 7) is 5.73. The van der Waals surface area contributed by atoms with Crippen LogP contribution in [0.5, 0.6) is 5.75 Å². The molecule has 4 aromatic rings. The molecule has 5 rings (SSSR count). The number of anilines is 1. The van der Waals surface area contributed by atoms with Gasteiger partial charge in [0.2, 0.25) is 0 Å². The maximum absolute atomic E-state index is 14.5. The van der Waals surface area contributed by atoms with Crippen molar-refractivity contribution in [3.8, 4) is 11.4 Å². The molecule has 34 heavy (non-hydrogen) atoms. The van der Waals surface area contributed by atoms with E-state index in [4.69, 9.17) is 4.74 Å². The Balaban J connectivity index is 1.77. The normalized spacial score (nSPS) is 14.0. The van der Waals surface area contributed by atoms with E-state index in [1.165, 1.54) is 11.8 Å². The smallest absolute Gasteiger partial charge is 0.126 e. The molecule has 0 bridgehead atoms. The molecule has 0 amide bonds. The number of hydrogen-bond acceptors (Lipinski definition) is 4. The van der Waals surface area contributed by atoms with Crippen LogP contribution in [0.15, 0.2) is 66.7 Å². The van der Waals surface area contributed by atoms with Crippen LogP contribution in [-0.4, -0.2) is 49.1 Å². The number of aliphatic hydroxyl groups is 1. The van der Waals surface area contributed by atoms with Gasteiger partial charge >= 0.3 is 0 Å². The molecule has 3 aromatic carbocycles. The number of ether oxygens (including phenoxy) is 1. The molecule has 0 atom stereocenters. The number of rotatable bonds is 7. The third kappa shape index (κ3) is 4.27. The van der Waals surface area contributed by atoms with Gasteiger partial charge in [0, 0.05) is 49.7 Å². The van der Waals surface area contributed by atoms with Crippen molar-refractivity contribution in [3.63, 3.8) is 0 Å². The van der Waals surface area contributed by atoms with Crippen molar-refractivity contribution in [2.24, 2.45) is 0 Å². The number of nitrogens with one attached hydrogen (secondary N) is 1. The van der Waals surface area contributed by atoms with Crippen molar-refractivity contribution >= 4 is 16.6 Å². The van der Waals surface area contributed by atoms with E-state index in [0.717, 1.165) is 59.8 Å². The highest BCUT2D eigenvalue weighted by Crippen LogP contribution is 2.40. The van der Waals surface area contributed by atoms with E-state index in [2.05, 4.69) is 33.0 Å². The first-order valence-corrected chi connectivity index (χ1v) is 11.8. The van der Waals surface area contributed by atoms with E-state index >= 15 is 0 Å². The summed E-state index contributed by atoms with van der Waals surface area (Å²) in [5.74, 6) is 0.542. The van der Waals surface area contributed by atoms with Gasteiger partial charge in [0.1, 0.15) is 18.2 Å². The summed E-state index contributed by atoms with van der Waals surface area (Å²) in [5, 5.41) is 13.8. The first-order chi connectivity index (χ1) is 16.7. The van der Waals surface area contributed by atoms with Crippen LogP contribution in [0.1, 0.15) is 16.8 Å². The van der Waals surface area contributed by atoms with Gasteiger partial charge in [-0.25, -0.2) is 4.39 Å². The molecule has 1 aliphatic heterocycles. The Morgan fingerprint density at radius 2 is 1.79 bits per heavy atom. The number of benzene rings is 3. The van der Waals surface area contributed by atoms with E-state index in [-0.39, 0.29) is 19.0 Å². The zero-order chi connectivity index (χ0) is 23.5. The predicted octanol–water partition coefficient (Wildman–Crippen LogP) is 4.45. The minimum absolute atomic E-state index is 0.0339. The quantitative estimate of drug-likeness (QED) is 0.429. The Labute approximate surface area is 199 Å². The monoisotopic (exact) mass is 459 g/mol. The van der Waals surface area contributed by atoms with Gasteiger partial charge in [0.05, 0.1) is 23.5 Å². The fourth-order valence-corrected chi connectivity index (χ4v) is 4.86. The van der Waals surface area contributed by atoms with Gasteiger partial charge in [-0.15, -0.1) is 0 Å². The second kappa shape index (κ2) is 9.87. The summed E-state index contributed by atoms with van der Waals surface area (Å²) in [7, 11) is 0. The maximum atomic E-state index is 14.5. The second-order valence-corrected chi connectivity index (χ2v) is 8.66. The van der Waals surface area contributed by atoms with Crippen LogP contribution in [0.2, 0.25) is 0 Å². The Kier molecular flexibility index (Phi) is 6.52. The number of hydrogen-bond donors (Lipinski definition) is 2. The highest BCUT2D eigenvalue weighted by Gasteiger charge is 2.25. The minimum Gasteiger partial charge on any atom is -0.491 e. The van der Waals surface area contributed by atoms with Crippen LogP contribution in [0.25, 0.3) is 16.6 Å². The highest BCUT2D eigenvalue weighted by atomic mass is 19.1. The molecule has 176 valence electrons. The van der Waals surface area contributed by atoms with Gasteiger partial charge in [0.15, 0.2) is 0 Å². The van der Waals surface area contributed by atoms with E-state index in [1.807, 2.05) is 43.3 Å². The van der Waals surface area contributed by atoms with Gasteiger partial charge in [-0.05, 0) is 48.4 Å². The van der Waals surface area contributed by atoms with Crippen LogP contribution in [0.3, 0.4) is 0 Å². The van der Waals surface area contributed by atoms with Crippen molar-refractivity contribution in [1.82, 2.24) is 9.88 Å². The SMILES string of the molecule is Cc1c(F)cccc1Cc1c(N2CCNCC2)c2ccc(OCCO)cc2n1-c1ccccc1. The first-order valence-electron chi connectivity index (χ1n) is 11.8. The van der Waals surface area contributed by atoms with Gasteiger partial charge < -0.3 is 24.6 Å². The Morgan fingerprint density at radius 3 is 2.56 bits per heavy atom.